The van der Waals surface area contributed by atoms with E-state index in [0.717, 1.165) is 10.9 Å². The molecule has 1 heterocycles. The Hall–Kier alpha value is -0.190. The quantitative estimate of drug-likeness (QED) is 0.905. The summed E-state index contributed by atoms with van der Waals surface area (Å²) >= 11 is 7.84. The van der Waals surface area contributed by atoms with Gasteiger partial charge in [-0.1, -0.05) is 24.4 Å². The van der Waals surface area contributed by atoms with Crippen LogP contribution in [0.25, 0.3) is 0 Å². The molecule has 0 saturated heterocycles. The van der Waals surface area contributed by atoms with Gasteiger partial charge in [0.1, 0.15) is 6.10 Å². The molecule has 1 saturated carbocycles. The molecular weight excluding hydrogens is 244 g/mol. The fourth-order valence-corrected chi connectivity index (χ4v) is 3.73. The summed E-state index contributed by atoms with van der Waals surface area (Å²) in [5.41, 5.74) is 0.729. The maximum absolute atomic E-state index is 10.1. The number of nitrogens with zero attached hydrogens (tertiary/aromatic N) is 2. The Labute approximate surface area is 105 Å². The summed E-state index contributed by atoms with van der Waals surface area (Å²) in [5.74, 6) is 0.712. The van der Waals surface area contributed by atoms with Crippen molar-refractivity contribution in [2.75, 3.05) is 5.75 Å². The molecule has 2 rings (SSSR count). The topological polar surface area (TPSA) is 38.0 Å². The zero-order valence-electron chi connectivity index (χ0n) is 9.40. The number of aromatic nitrogens is 2. The van der Waals surface area contributed by atoms with Crippen LogP contribution >= 0.6 is 23.4 Å². The van der Waals surface area contributed by atoms with Crippen molar-refractivity contribution < 1.29 is 5.11 Å². The highest BCUT2D eigenvalue weighted by atomic mass is 35.5. The smallest absolute Gasteiger partial charge is 0.106 e. The van der Waals surface area contributed by atoms with Crippen molar-refractivity contribution in [3.8, 4) is 0 Å². The van der Waals surface area contributed by atoms with E-state index in [4.69, 9.17) is 11.6 Å². The third-order valence-corrected chi connectivity index (χ3v) is 4.79. The highest BCUT2D eigenvalue weighted by Gasteiger charge is 2.20. The first-order valence-corrected chi connectivity index (χ1v) is 7.08. The highest BCUT2D eigenvalue weighted by Crippen LogP contribution is 2.33. The minimum atomic E-state index is -0.509. The molecule has 0 bridgehead atoms. The molecule has 3 nitrogen and oxygen atoms in total. The number of aryl methyl sites for hydroxylation is 1. The van der Waals surface area contributed by atoms with Crippen molar-refractivity contribution >= 4 is 23.4 Å². The van der Waals surface area contributed by atoms with Gasteiger partial charge in [0.15, 0.2) is 0 Å². The van der Waals surface area contributed by atoms with Gasteiger partial charge in [-0.05, 0) is 12.8 Å². The van der Waals surface area contributed by atoms with Gasteiger partial charge in [0.2, 0.25) is 0 Å². The molecule has 0 aromatic carbocycles. The van der Waals surface area contributed by atoms with Gasteiger partial charge in [-0.15, -0.1) is 0 Å². The first-order chi connectivity index (χ1) is 7.68. The molecule has 1 fully saturated rings. The SMILES string of the molecule is Cn1ncc(Cl)c1C(O)CSC1CCCC1. The molecule has 0 amide bonds. The van der Waals surface area contributed by atoms with Crippen LogP contribution in [0.4, 0.5) is 0 Å². The van der Waals surface area contributed by atoms with Gasteiger partial charge < -0.3 is 5.11 Å². The third-order valence-electron chi connectivity index (χ3n) is 3.05. The third kappa shape index (κ3) is 2.73. The molecule has 1 aliphatic rings. The minimum Gasteiger partial charge on any atom is -0.386 e. The molecule has 1 atom stereocenters. The van der Waals surface area contributed by atoms with Crippen LogP contribution in [0.3, 0.4) is 0 Å². The zero-order valence-corrected chi connectivity index (χ0v) is 11.0. The number of hydrogen-bond acceptors (Lipinski definition) is 3. The highest BCUT2D eigenvalue weighted by molar-refractivity contribution is 7.99. The Morgan fingerprint density at radius 3 is 2.88 bits per heavy atom. The number of rotatable bonds is 4. The van der Waals surface area contributed by atoms with Crippen LogP contribution in [-0.2, 0) is 7.05 Å². The summed E-state index contributed by atoms with van der Waals surface area (Å²) in [6.45, 7) is 0. The molecule has 0 aliphatic heterocycles. The van der Waals surface area contributed by atoms with Crippen LogP contribution < -0.4 is 0 Å². The first kappa shape index (κ1) is 12.3. The number of aliphatic hydroxyl groups excluding tert-OH is 1. The summed E-state index contributed by atoms with van der Waals surface area (Å²) in [5, 5.41) is 15.4. The van der Waals surface area contributed by atoms with Crippen molar-refractivity contribution in [2.45, 2.75) is 37.0 Å². The molecule has 0 spiro atoms. The normalized spacial score (nSPS) is 19.2. The largest absolute Gasteiger partial charge is 0.386 e. The molecule has 5 heteroatoms. The Balaban J connectivity index is 1.89. The van der Waals surface area contributed by atoms with Gasteiger partial charge in [0, 0.05) is 18.1 Å². The minimum absolute atomic E-state index is 0.509. The Kier molecular flexibility index (Phi) is 4.16. The van der Waals surface area contributed by atoms with Gasteiger partial charge in [-0.2, -0.15) is 16.9 Å². The molecule has 16 heavy (non-hydrogen) atoms. The summed E-state index contributed by atoms with van der Waals surface area (Å²) < 4.78 is 1.65. The zero-order chi connectivity index (χ0) is 11.5. The van der Waals surface area contributed by atoms with Gasteiger partial charge in [-0.25, -0.2) is 0 Å². The van der Waals surface area contributed by atoms with Crippen molar-refractivity contribution in [2.24, 2.45) is 7.05 Å². The fraction of sp³-hybridized carbons (Fsp3) is 0.727. The van der Waals surface area contributed by atoms with Crippen LogP contribution in [0.15, 0.2) is 6.20 Å². The Morgan fingerprint density at radius 2 is 2.31 bits per heavy atom. The van der Waals surface area contributed by atoms with E-state index in [2.05, 4.69) is 5.10 Å². The van der Waals surface area contributed by atoms with Gasteiger partial charge >= 0.3 is 0 Å². The second-order valence-corrected chi connectivity index (χ2v) is 6.00. The molecule has 0 radical (unpaired) electrons. The van der Waals surface area contributed by atoms with E-state index in [-0.39, 0.29) is 0 Å². The second-order valence-electron chi connectivity index (χ2n) is 4.26. The van der Waals surface area contributed by atoms with Gasteiger partial charge in [-0.3, -0.25) is 4.68 Å². The average molecular weight is 261 g/mol. The van der Waals surface area contributed by atoms with E-state index >= 15 is 0 Å². The van der Waals surface area contributed by atoms with Crippen LogP contribution in [-0.4, -0.2) is 25.9 Å². The molecule has 1 aromatic rings. The van der Waals surface area contributed by atoms with Crippen molar-refractivity contribution in [3.63, 3.8) is 0 Å². The maximum Gasteiger partial charge on any atom is 0.106 e. The molecule has 1 aliphatic carbocycles. The number of halogens is 1. The molecule has 1 unspecified atom stereocenters. The number of aliphatic hydroxyl groups is 1. The Bertz CT molecular complexity index is 330. The number of thioether (sulfide) groups is 1. The van der Waals surface area contributed by atoms with Crippen LogP contribution in [0, 0.1) is 0 Å². The van der Waals surface area contributed by atoms with E-state index in [1.807, 2.05) is 18.8 Å². The standard InChI is InChI=1S/C11H17ClN2OS/c1-14-11(9(12)6-13-14)10(15)7-16-8-4-2-3-5-8/h6,8,10,15H,2-5,7H2,1H3. The summed E-state index contributed by atoms with van der Waals surface area (Å²) in [6, 6.07) is 0. The van der Waals surface area contributed by atoms with E-state index in [1.54, 1.807) is 10.9 Å². The monoisotopic (exact) mass is 260 g/mol. The van der Waals surface area contributed by atoms with Crippen LogP contribution in [0.5, 0.6) is 0 Å². The lowest BCUT2D eigenvalue weighted by atomic mass is 10.3. The average Bonchev–Trinajstić information content (AvgIpc) is 2.86. The van der Waals surface area contributed by atoms with E-state index in [0.29, 0.717) is 10.8 Å². The van der Waals surface area contributed by atoms with E-state index in [9.17, 15) is 5.11 Å². The van der Waals surface area contributed by atoms with Crippen LogP contribution in [0.1, 0.15) is 37.5 Å². The lowest BCUT2D eigenvalue weighted by molar-refractivity contribution is 0.193. The van der Waals surface area contributed by atoms with Crippen LogP contribution in [0.2, 0.25) is 5.02 Å². The lowest BCUT2D eigenvalue weighted by Gasteiger charge is -2.14. The van der Waals surface area contributed by atoms with Crippen molar-refractivity contribution in [3.05, 3.63) is 16.9 Å². The lowest BCUT2D eigenvalue weighted by Crippen LogP contribution is -2.10. The first-order valence-electron chi connectivity index (χ1n) is 5.65. The molecular formula is C11H17ClN2OS. The molecule has 1 aromatic heterocycles. The van der Waals surface area contributed by atoms with Crippen molar-refractivity contribution in [1.29, 1.82) is 0 Å². The summed E-state index contributed by atoms with van der Waals surface area (Å²) in [6.07, 6.45) is 6.32. The van der Waals surface area contributed by atoms with Crippen molar-refractivity contribution in [1.82, 2.24) is 9.78 Å². The number of hydrogen-bond donors (Lipinski definition) is 1. The summed E-state index contributed by atoms with van der Waals surface area (Å²) in [7, 11) is 1.81. The van der Waals surface area contributed by atoms with Gasteiger partial charge in [0.05, 0.1) is 16.9 Å². The molecule has 90 valence electrons. The van der Waals surface area contributed by atoms with Gasteiger partial charge in [0.25, 0.3) is 0 Å². The predicted octanol–water partition coefficient (Wildman–Crippen LogP) is 2.78. The second kappa shape index (κ2) is 5.43. The summed E-state index contributed by atoms with van der Waals surface area (Å²) in [4.78, 5) is 0. The Morgan fingerprint density at radius 1 is 1.62 bits per heavy atom. The van der Waals surface area contributed by atoms with E-state index in [1.165, 1.54) is 25.7 Å². The predicted molar refractivity (Wildman–Crippen MR) is 67.9 cm³/mol. The maximum atomic E-state index is 10.1. The van der Waals surface area contributed by atoms with E-state index < -0.39 is 6.10 Å². The molecule has 1 N–H and O–H groups in total. The fourth-order valence-electron chi connectivity index (χ4n) is 2.16.